The molecule has 4 rings (SSSR count). The minimum atomic E-state index is -0.472. The summed E-state index contributed by atoms with van der Waals surface area (Å²) in [5.74, 6) is 0.284. The van der Waals surface area contributed by atoms with Crippen molar-refractivity contribution in [2.24, 2.45) is 0 Å². The van der Waals surface area contributed by atoms with Crippen molar-refractivity contribution in [1.82, 2.24) is 15.1 Å². The Kier molecular flexibility index (Phi) is 8.31. The van der Waals surface area contributed by atoms with Gasteiger partial charge in [-0.2, -0.15) is 0 Å². The number of amides is 1. The van der Waals surface area contributed by atoms with E-state index in [4.69, 9.17) is 0 Å². The number of carbonyl (C=O) groups excluding carboxylic acids is 1. The van der Waals surface area contributed by atoms with Crippen molar-refractivity contribution in [2.75, 3.05) is 39.1 Å². The van der Waals surface area contributed by atoms with Crippen LogP contribution < -0.4 is 10.2 Å². The van der Waals surface area contributed by atoms with Gasteiger partial charge in [0.25, 0.3) is 0 Å². The van der Waals surface area contributed by atoms with Crippen LogP contribution in [0.25, 0.3) is 0 Å². The fourth-order valence-electron chi connectivity index (χ4n) is 6.42. The lowest BCUT2D eigenvalue weighted by Crippen LogP contribution is -2.65. The van der Waals surface area contributed by atoms with Crippen molar-refractivity contribution in [3.63, 3.8) is 0 Å². The molecule has 2 aliphatic rings. The Hall–Kier alpha value is -2.21. The number of carbonyl (C=O) groups is 1. The monoisotopic (exact) mass is 476 g/mol. The van der Waals surface area contributed by atoms with Crippen molar-refractivity contribution < 1.29 is 4.79 Å². The van der Waals surface area contributed by atoms with E-state index in [0.29, 0.717) is 6.04 Å². The standard InChI is InChI=1S/C30H44N4O/c1-23-12-11-13-24(2)28(23)34(29(35)30(32(3)4)18-20-31-21-19-30)27-17-10-9-16-26(27)33(5)22-25-14-7-6-8-15-25/h6-8,11-15,26-27,31H,9-10,16-22H2,1-5H3/t26-,27-/m1/s1. The molecular weight excluding hydrogens is 432 g/mol. The first kappa shape index (κ1) is 25.9. The van der Waals surface area contributed by atoms with E-state index in [1.807, 2.05) is 0 Å². The van der Waals surface area contributed by atoms with Crippen LogP contribution in [-0.2, 0) is 11.3 Å². The van der Waals surface area contributed by atoms with E-state index >= 15 is 0 Å². The molecule has 5 nitrogen and oxygen atoms in total. The minimum Gasteiger partial charge on any atom is -0.317 e. The Morgan fingerprint density at radius 3 is 2.09 bits per heavy atom. The van der Waals surface area contributed by atoms with Crippen molar-refractivity contribution in [1.29, 1.82) is 0 Å². The van der Waals surface area contributed by atoms with Crippen molar-refractivity contribution in [3.05, 3.63) is 65.2 Å². The molecule has 1 saturated heterocycles. The van der Waals surface area contributed by atoms with Gasteiger partial charge in [0.05, 0.1) is 6.04 Å². The number of rotatable bonds is 7. The third-order valence-corrected chi connectivity index (χ3v) is 8.45. The second-order valence-electron chi connectivity index (χ2n) is 10.9. The second-order valence-corrected chi connectivity index (χ2v) is 10.9. The van der Waals surface area contributed by atoms with Gasteiger partial charge in [-0.1, -0.05) is 61.4 Å². The molecule has 0 unspecified atom stereocenters. The van der Waals surface area contributed by atoms with Crippen molar-refractivity contribution in [2.45, 2.75) is 76.5 Å². The van der Waals surface area contributed by atoms with Crippen LogP contribution >= 0.6 is 0 Å². The molecule has 0 bridgehead atoms. The number of nitrogens with one attached hydrogen (secondary N) is 1. The molecule has 0 spiro atoms. The van der Waals surface area contributed by atoms with Gasteiger partial charge in [-0.3, -0.25) is 14.6 Å². The molecule has 1 aliphatic carbocycles. The van der Waals surface area contributed by atoms with Gasteiger partial charge in [0.2, 0.25) is 5.91 Å². The average molecular weight is 477 g/mol. The average Bonchev–Trinajstić information content (AvgIpc) is 2.87. The van der Waals surface area contributed by atoms with Crippen molar-refractivity contribution >= 4 is 11.6 Å². The van der Waals surface area contributed by atoms with Gasteiger partial charge < -0.3 is 10.2 Å². The van der Waals surface area contributed by atoms with E-state index < -0.39 is 5.54 Å². The Balaban J connectivity index is 1.76. The highest BCUT2D eigenvalue weighted by Gasteiger charge is 2.48. The Morgan fingerprint density at radius 1 is 0.886 bits per heavy atom. The van der Waals surface area contributed by atoms with Gasteiger partial charge in [-0.15, -0.1) is 0 Å². The summed E-state index contributed by atoms with van der Waals surface area (Å²) in [6.07, 6.45) is 6.25. The molecule has 1 aliphatic heterocycles. The molecule has 1 saturated carbocycles. The first-order valence-corrected chi connectivity index (χ1v) is 13.4. The molecule has 1 amide bonds. The summed E-state index contributed by atoms with van der Waals surface area (Å²) in [4.78, 5) is 21.8. The maximum Gasteiger partial charge on any atom is 0.247 e. The molecule has 1 N–H and O–H groups in total. The summed E-state index contributed by atoms with van der Waals surface area (Å²) >= 11 is 0. The highest BCUT2D eigenvalue weighted by Crippen LogP contribution is 2.38. The summed E-state index contributed by atoms with van der Waals surface area (Å²) in [6.45, 7) is 7.00. The number of piperidine rings is 1. The normalized spacial score (nSPS) is 22.4. The predicted molar refractivity (Wildman–Crippen MR) is 146 cm³/mol. The lowest BCUT2D eigenvalue weighted by molar-refractivity contribution is -0.132. The van der Waals surface area contributed by atoms with Gasteiger partial charge in [-0.05, 0) is 90.5 Å². The van der Waals surface area contributed by atoms with Gasteiger partial charge >= 0.3 is 0 Å². The zero-order valence-corrected chi connectivity index (χ0v) is 22.4. The van der Waals surface area contributed by atoms with Crippen LogP contribution in [0.3, 0.4) is 0 Å². The largest absolute Gasteiger partial charge is 0.317 e. The zero-order chi connectivity index (χ0) is 25.0. The molecule has 2 aromatic carbocycles. The summed E-state index contributed by atoms with van der Waals surface area (Å²) in [6, 6.07) is 17.7. The van der Waals surface area contributed by atoms with Crippen LogP contribution in [-0.4, -0.2) is 67.6 Å². The van der Waals surface area contributed by atoms with Gasteiger partial charge in [0.1, 0.15) is 5.54 Å². The number of para-hydroxylation sites is 1. The third-order valence-electron chi connectivity index (χ3n) is 8.45. The number of hydrogen-bond acceptors (Lipinski definition) is 4. The predicted octanol–water partition coefficient (Wildman–Crippen LogP) is 4.76. The number of nitrogens with zero attached hydrogens (tertiary/aromatic N) is 3. The summed E-state index contributed by atoms with van der Waals surface area (Å²) in [7, 11) is 6.42. The summed E-state index contributed by atoms with van der Waals surface area (Å²) in [5.41, 5.74) is 4.36. The fourth-order valence-corrected chi connectivity index (χ4v) is 6.42. The Morgan fingerprint density at radius 2 is 1.49 bits per heavy atom. The molecule has 0 radical (unpaired) electrons. The summed E-state index contributed by atoms with van der Waals surface area (Å²) < 4.78 is 0. The first-order valence-electron chi connectivity index (χ1n) is 13.4. The van der Waals surface area contributed by atoms with E-state index in [1.165, 1.54) is 29.5 Å². The van der Waals surface area contributed by atoms with E-state index in [-0.39, 0.29) is 11.9 Å². The van der Waals surface area contributed by atoms with Gasteiger partial charge in [0, 0.05) is 18.3 Å². The molecule has 190 valence electrons. The Bertz CT molecular complexity index is 963. The van der Waals surface area contributed by atoms with Crippen molar-refractivity contribution in [3.8, 4) is 0 Å². The maximum absolute atomic E-state index is 14.8. The van der Waals surface area contributed by atoms with Crippen LogP contribution in [0.4, 0.5) is 5.69 Å². The molecule has 0 aromatic heterocycles. The maximum atomic E-state index is 14.8. The minimum absolute atomic E-state index is 0.163. The number of likely N-dealkylation sites (N-methyl/N-ethyl adjacent to an activating group) is 2. The number of hydrogen-bond donors (Lipinski definition) is 1. The zero-order valence-electron chi connectivity index (χ0n) is 22.4. The van der Waals surface area contributed by atoms with Crippen LogP contribution in [0.5, 0.6) is 0 Å². The molecule has 5 heteroatoms. The molecule has 2 atom stereocenters. The number of benzene rings is 2. The van der Waals surface area contributed by atoms with Gasteiger partial charge in [0.15, 0.2) is 0 Å². The lowest BCUT2D eigenvalue weighted by atomic mass is 9.81. The van der Waals surface area contributed by atoms with Gasteiger partial charge in [-0.25, -0.2) is 0 Å². The van der Waals surface area contributed by atoms with Crippen LogP contribution in [0, 0.1) is 13.8 Å². The molecular formula is C30H44N4O. The fraction of sp³-hybridized carbons (Fsp3) is 0.567. The molecule has 2 fully saturated rings. The number of anilines is 1. The highest BCUT2D eigenvalue weighted by molar-refractivity contribution is 6.02. The van der Waals surface area contributed by atoms with Crippen LogP contribution in [0.2, 0.25) is 0 Å². The quantitative estimate of drug-likeness (QED) is 0.625. The van der Waals surface area contributed by atoms with Crippen LogP contribution in [0.15, 0.2) is 48.5 Å². The lowest BCUT2D eigenvalue weighted by Gasteiger charge is -2.50. The number of aryl methyl sites for hydroxylation is 2. The van der Waals surface area contributed by atoms with E-state index in [9.17, 15) is 4.79 Å². The second kappa shape index (κ2) is 11.2. The smallest absolute Gasteiger partial charge is 0.247 e. The van der Waals surface area contributed by atoms with E-state index in [2.05, 4.69) is 104 Å². The third kappa shape index (κ3) is 5.32. The molecule has 2 aromatic rings. The first-order chi connectivity index (χ1) is 16.8. The van der Waals surface area contributed by atoms with E-state index in [1.54, 1.807) is 0 Å². The van der Waals surface area contributed by atoms with E-state index in [0.717, 1.165) is 51.0 Å². The Labute approximate surface area is 212 Å². The van der Waals surface area contributed by atoms with Crippen LogP contribution in [0.1, 0.15) is 55.2 Å². The molecule has 1 heterocycles. The molecule has 35 heavy (non-hydrogen) atoms. The summed E-state index contributed by atoms with van der Waals surface area (Å²) in [5, 5.41) is 3.48. The topological polar surface area (TPSA) is 38.8 Å². The highest BCUT2D eigenvalue weighted by atomic mass is 16.2. The SMILES string of the molecule is Cc1cccc(C)c1N(C(=O)C1(N(C)C)CCNCC1)[C@@H]1CCCC[C@H]1N(C)Cc1ccccc1.